The molecule has 4 heteroatoms. The maximum atomic E-state index is 11.7. The predicted molar refractivity (Wildman–Crippen MR) is 82.8 cm³/mol. The van der Waals surface area contributed by atoms with Crippen LogP contribution < -0.4 is 5.32 Å². The Labute approximate surface area is 124 Å². The first-order chi connectivity index (χ1) is 9.15. The Morgan fingerprint density at radius 1 is 1.40 bits per heavy atom. The summed E-state index contributed by atoms with van der Waals surface area (Å²) in [5.41, 5.74) is -0.225. The van der Waals surface area contributed by atoms with E-state index >= 15 is 0 Å². The van der Waals surface area contributed by atoms with Crippen LogP contribution in [0.15, 0.2) is 0 Å². The Morgan fingerprint density at radius 3 is 2.55 bits per heavy atom. The lowest BCUT2D eigenvalue weighted by Crippen LogP contribution is -2.54. The van der Waals surface area contributed by atoms with Crippen molar-refractivity contribution in [3.8, 4) is 0 Å². The molecule has 1 N–H and O–H groups in total. The number of nitrogens with one attached hydrogen (secondary N) is 1. The molecule has 0 aromatic heterocycles. The fraction of sp³-hybridized carbons (Fsp3) is 0.938. The van der Waals surface area contributed by atoms with Gasteiger partial charge in [-0.2, -0.15) is 0 Å². The van der Waals surface area contributed by atoms with Crippen molar-refractivity contribution in [2.24, 2.45) is 5.92 Å². The first-order valence-electron chi connectivity index (χ1n) is 7.75. The Balaban J connectivity index is 2.46. The standard InChI is InChI=1S/C16H32N2O2/c1-13-8-7-9-16(10-13,18(5)6)12-17-11-14(19)20-15(2,3)4/h13,17H,7-12H2,1-6H3. The summed E-state index contributed by atoms with van der Waals surface area (Å²) in [6.07, 6.45) is 4.99. The predicted octanol–water partition coefficient (Wildman–Crippen LogP) is 2.43. The van der Waals surface area contributed by atoms with E-state index in [1.54, 1.807) is 0 Å². The molecular formula is C16H32N2O2. The topological polar surface area (TPSA) is 41.6 Å². The molecule has 1 fully saturated rings. The zero-order chi connectivity index (χ0) is 15.4. The van der Waals surface area contributed by atoms with Crippen molar-refractivity contribution in [1.82, 2.24) is 10.2 Å². The number of ether oxygens (including phenoxy) is 1. The van der Waals surface area contributed by atoms with Crippen LogP contribution in [0.5, 0.6) is 0 Å². The molecule has 0 aromatic carbocycles. The van der Waals surface area contributed by atoms with E-state index in [4.69, 9.17) is 4.74 Å². The summed E-state index contributed by atoms with van der Waals surface area (Å²) in [5, 5.41) is 3.30. The summed E-state index contributed by atoms with van der Waals surface area (Å²) in [6.45, 7) is 9.16. The van der Waals surface area contributed by atoms with Crippen LogP contribution in [0.1, 0.15) is 53.4 Å². The van der Waals surface area contributed by atoms with Crippen molar-refractivity contribution >= 4 is 5.97 Å². The van der Waals surface area contributed by atoms with E-state index in [1.165, 1.54) is 25.7 Å². The molecule has 4 nitrogen and oxygen atoms in total. The van der Waals surface area contributed by atoms with E-state index in [0.29, 0.717) is 6.54 Å². The monoisotopic (exact) mass is 284 g/mol. The van der Waals surface area contributed by atoms with Gasteiger partial charge < -0.3 is 15.0 Å². The van der Waals surface area contributed by atoms with E-state index in [-0.39, 0.29) is 11.5 Å². The molecule has 118 valence electrons. The summed E-state index contributed by atoms with van der Waals surface area (Å²) in [5.74, 6) is 0.588. The normalized spacial score (nSPS) is 27.6. The van der Waals surface area contributed by atoms with Gasteiger partial charge in [0.2, 0.25) is 0 Å². The lowest BCUT2D eigenvalue weighted by molar-refractivity contribution is -0.153. The molecule has 0 aliphatic heterocycles. The fourth-order valence-corrected chi connectivity index (χ4v) is 3.13. The summed E-state index contributed by atoms with van der Waals surface area (Å²) in [6, 6.07) is 0. The van der Waals surface area contributed by atoms with Gasteiger partial charge in [-0.1, -0.05) is 19.8 Å². The third-order valence-electron chi connectivity index (χ3n) is 4.16. The maximum absolute atomic E-state index is 11.7. The van der Waals surface area contributed by atoms with Gasteiger partial charge in [-0.15, -0.1) is 0 Å². The lowest BCUT2D eigenvalue weighted by Gasteiger charge is -2.45. The molecular weight excluding hydrogens is 252 g/mol. The van der Waals surface area contributed by atoms with Gasteiger partial charge in [-0.25, -0.2) is 0 Å². The molecule has 1 aliphatic carbocycles. The quantitative estimate of drug-likeness (QED) is 0.787. The number of hydrogen-bond acceptors (Lipinski definition) is 4. The highest BCUT2D eigenvalue weighted by Gasteiger charge is 2.36. The largest absolute Gasteiger partial charge is 0.459 e. The second kappa shape index (κ2) is 6.90. The van der Waals surface area contributed by atoms with Crippen LogP contribution in [-0.4, -0.2) is 49.2 Å². The third kappa shape index (κ3) is 5.41. The number of hydrogen-bond donors (Lipinski definition) is 1. The molecule has 20 heavy (non-hydrogen) atoms. The van der Waals surface area contributed by atoms with Crippen molar-refractivity contribution in [3.63, 3.8) is 0 Å². The summed E-state index contributed by atoms with van der Waals surface area (Å²) >= 11 is 0. The van der Waals surface area contributed by atoms with Gasteiger partial charge in [-0.05, 0) is 53.6 Å². The van der Waals surface area contributed by atoms with E-state index in [2.05, 4.69) is 31.2 Å². The molecule has 1 saturated carbocycles. The first kappa shape index (κ1) is 17.4. The fourth-order valence-electron chi connectivity index (χ4n) is 3.13. The minimum absolute atomic E-state index is 0.171. The van der Waals surface area contributed by atoms with Gasteiger partial charge in [0, 0.05) is 12.1 Å². The molecule has 0 aromatic rings. The maximum Gasteiger partial charge on any atom is 0.320 e. The zero-order valence-corrected chi connectivity index (χ0v) is 14.1. The highest BCUT2D eigenvalue weighted by atomic mass is 16.6. The van der Waals surface area contributed by atoms with Crippen LogP contribution in [-0.2, 0) is 9.53 Å². The number of nitrogens with zero attached hydrogens (tertiary/aromatic N) is 1. The molecule has 0 heterocycles. The van der Waals surface area contributed by atoms with E-state index < -0.39 is 5.60 Å². The van der Waals surface area contributed by atoms with Crippen LogP contribution in [0, 0.1) is 5.92 Å². The van der Waals surface area contributed by atoms with Gasteiger partial charge in [0.1, 0.15) is 5.60 Å². The number of rotatable bonds is 5. The molecule has 0 saturated heterocycles. The Morgan fingerprint density at radius 2 is 2.05 bits per heavy atom. The summed E-state index contributed by atoms with van der Waals surface area (Å²) in [7, 11) is 4.29. The SMILES string of the molecule is CC1CCCC(CNCC(=O)OC(C)(C)C)(N(C)C)C1. The molecule has 0 spiro atoms. The van der Waals surface area contributed by atoms with Crippen LogP contribution in [0.2, 0.25) is 0 Å². The number of carbonyl (C=O) groups is 1. The first-order valence-corrected chi connectivity index (χ1v) is 7.75. The van der Waals surface area contributed by atoms with Gasteiger partial charge in [-0.3, -0.25) is 4.79 Å². The summed E-state index contributed by atoms with van der Waals surface area (Å²) in [4.78, 5) is 14.1. The second-order valence-corrected chi connectivity index (χ2v) is 7.51. The molecule has 0 radical (unpaired) electrons. The summed E-state index contributed by atoms with van der Waals surface area (Å²) < 4.78 is 5.33. The molecule has 1 rings (SSSR count). The highest BCUT2D eigenvalue weighted by Crippen LogP contribution is 2.35. The van der Waals surface area contributed by atoms with Crippen LogP contribution in [0.4, 0.5) is 0 Å². The minimum Gasteiger partial charge on any atom is -0.459 e. The molecule has 2 unspecified atom stereocenters. The Kier molecular flexibility index (Phi) is 6.02. The van der Waals surface area contributed by atoms with Crippen molar-refractivity contribution in [1.29, 1.82) is 0 Å². The lowest BCUT2D eigenvalue weighted by atomic mass is 9.75. The smallest absolute Gasteiger partial charge is 0.320 e. The number of esters is 1. The van der Waals surface area contributed by atoms with E-state index in [9.17, 15) is 4.79 Å². The molecule has 0 bridgehead atoms. The average Bonchev–Trinajstić information content (AvgIpc) is 2.26. The Hall–Kier alpha value is -0.610. The van der Waals surface area contributed by atoms with Crippen LogP contribution in [0.3, 0.4) is 0 Å². The van der Waals surface area contributed by atoms with Crippen molar-refractivity contribution < 1.29 is 9.53 Å². The minimum atomic E-state index is -0.405. The number of likely N-dealkylation sites (N-methyl/N-ethyl adjacent to an activating group) is 1. The van der Waals surface area contributed by atoms with E-state index in [0.717, 1.165) is 12.5 Å². The van der Waals surface area contributed by atoms with Crippen LogP contribution >= 0.6 is 0 Å². The average molecular weight is 284 g/mol. The number of carbonyl (C=O) groups excluding carboxylic acids is 1. The van der Waals surface area contributed by atoms with Gasteiger partial charge in [0.15, 0.2) is 0 Å². The van der Waals surface area contributed by atoms with Gasteiger partial charge in [0.05, 0.1) is 6.54 Å². The highest BCUT2D eigenvalue weighted by molar-refractivity contribution is 5.72. The zero-order valence-electron chi connectivity index (χ0n) is 14.1. The third-order valence-corrected chi connectivity index (χ3v) is 4.16. The van der Waals surface area contributed by atoms with Gasteiger partial charge >= 0.3 is 5.97 Å². The Bertz CT molecular complexity index is 323. The van der Waals surface area contributed by atoms with Crippen molar-refractivity contribution in [3.05, 3.63) is 0 Å². The molecule has 0 amide bonds. The van der Waals surface area contributed by atoms with Crippen LogP contribution in [0.25, 0.3) is 0 Å². The molecule has 2 atom stereocenters. The van der Waals surface area contributed by atoms with E-state index in [1.807, 2.05) is 20.8 Å². The van der Waals surface area contributed by atoms with Crippen molar-refractivity contribution in [2.45, 2.75) is 64.5 Å². The van der Waals surface area contributed by atoms with Crippen molar-refractivity contribution in [2.75, 3.05) is 27.2 Å². The second-order valence-electron chi connectivity index (χ2n) is 7.51. The van der Waals surface area contributed by atoms with Gasteiger partial charge in [0.25, 0.3) is 0 Å². The molecule has 1 aliphatic rings.